The monoisotopic (exact) mass is 263 g/mol. The summed E-state index contributed by atoms with van der Waals surface area (Å²) in [7, 11) is 1.81. The number of anilines is 1. The van der Waals surface area contributed by atoms with Crippen molar-refractivity contribution in [2.45, 2.75) is 40.0 Å². The van der Waals surface area contributed by atoms with Crippen LogP contribution in [0.3, 0.4) is 0 Å². The molecule has 1 heterocycles. The largest absolute Gasteiger partial charge is 0.373 e. The second-order valence-corrected chi connectivity index (χ2v) is 5.51. The smallest absolute Gasteiger partial charge is 0.251 e. The molecule has 0 aliphatic heterocycles. The molecular formula is C15H25N3O. The summed E-state index contributed by atoms with van der Waals surface area (Å²) in [6.45, 7) is 9.15. The molecule has 0 spiro atoms. The van der Waals surface area contributed by atoms with Gasteiger partial charge in [-0.05, 0) is 30.4 Å². The SMILES string of the molecule is CNc1cc(C(=O)NCCC(C)C)cc(C(C)C)n1. The van der Waals surface area contributed by atoms with Crippen LogP contribution >= 0.6 is 0 Å². The zero-order valence-corrected chi connectivity index (χ0v) is 12.6. The maximum atomic E-state index is 12.1. The zero-order valence-electron chi connectivity index (χ0n) is 12.6. The summed E-state index contributed by atoms with van der Waals surface area (Å²) in [6, 6.07) is 3.66. The molecule has 0 saturated carbocycles. The molecule has 0 unspecified atom stereocenters. The number of aromatic nitrogens is 1. The standard InChI is InChI=1S/C15H25N3O/c1-10(2)6-7-17-15(19)12-8-13(11(3)4)18-14(9-12)16-5/h8-11H,6-7H2,1-5H3,(H,16,18)(H,17,19). The topological polar surface area (TPSA) is 54.0 Å². The summed E-state index contributed by atoms with van der Waals surface area (Å²) >= 11 is 0. The third kappa shape index (κ3) is 4.89. The number of rotatable bonds is 6. The molecule has 0 radical (unpaired) electrons. The van der Waals surface area contributed by atoms with Crippen LogP contribution in [0.1, 0.15) is 56.1 Å². The third-order valence-corrected chi connectivity index (χ3v) is 2.96. The van der Waals surface area contributed by atoms with Crippen LogP contribution in [-0.2, 0) is 0 Å². The normalized spacial score (nSPS) is 10.9. The molecule has 1 rings (SSSR count). The lowest BCUT2D eigenvalue weighted by Crippen LogP contribution is -2.25. The van der Waals surface area contributed by atoms with Crippen molar-refractivity contribution in [3.8, 4) is 0 Å². The Morgan fingerprint density at radius 3 is 2.47 bits per heavy atom. The van der Waals surface area contributed by atoms with Crippen molar-refractivity contribution in [3.05, 3.63) is 23.4 Å². The summed E-state index contributed by atoms with van der Waals surface area (Å²) in [5.74, 6) is 1.61. The van der Waals surface area contributed by atoms with E-state index in [1.807, 2.05) is 13.1 Å². The minimum absolute atomic E-state index is 0.0264. The highest BCUT2D eigenvalue weighted by Crippen LogP contribution is 2.17. The van der Waals surface area contributed by atoms with Gasteiger partial charge in [0.05, 0.1) is 0 Å². The van der Waals surface area contributed by atoms with E-state index in [0.29, 0.717) is 23.9 Å². The van der Waals surface area contributed by atoms with Gasteiger partial charge in [-0.15, -0.1) is 0 Å². The van der Waals surface area contributed by atoms with Crippen LogP contribution in [-0.4, -0.2) is 24.5 Å². The third-order valence-electron chi connectivity index (χ3n) is 2.96. The average molecular weight is 263 g/mol. The van der Waals surface area contributed by atoms with E-state index in [9.17, 15) is 4.79 Å². The van der Waals surface area contributed by atoms with Crippen LogP contribution in [0.5, 0.6) is 0 Å². The minimum atomic E-state index is -0.0264. The van der Waals surface area contributed by atoms with Crippen molar-refractivity contribution in [1.82, 2.24) is 10.3 Å². The Bertz CT molecular complexity index is 427. The van der Waals surface area contributed by atoms with E-state index in [4.69, 9.17) is 0 Å². The molecule has 19 heavy (non-hydrogen) atoms. The summed E-state index contributed by atoms with van der Waals surface area (Å²) < 4.78 is 0. The Labute approximate surface area is 116 Å². The van der Waals surface area contributed by atoms with Gasteiger partial charge in [0.1, 0.15) is 5.82 Å². The van der Waals surface area contributed by atoms with E-state index in [0.717, 1.165) is 17.9 Å². The Morgan fingerprint density at radius 1 is 1.26 bits per heavy atom. The summed E-state index contributed by atoms with van der Waals surface area (Å²) in [5, 5.41) is 5.95. The Kier molecular flexibility index (Phi) is 5.80. The number of carbonyl (C=O) groups is 1. The van der Waals surface area contributed by atoms with Gasteiger partial charge in [0, 0.05) is 24.8 Å². The first-order valence-corrected chi connectivity index (χ1v) is 6.92. The molecule has 0 fully saturated rings. The van der Waals surface area contributed by atoms with E-state index in [2.05, 4.69) is 43.3 Å². The van der Waals surface area contributed by atoms with E-state index < -0.39 is 0 Å². The molecule has 2 N–H and O–H groups in total. The van der Waals surface area contributed by atoms with Crippen molar-refractivity contribution in [2.75, 3.05) is 18.9 Å². The first-order valence-electron chi connectivity index (χ1n) is 6.92. The molecule has 1 amide bonds. The molecular weight excluding hydrogens is 238 g/mol. The fraction of sp³-hybridized carbons (Fsp3) is 0.600. The lowest BCUT2D eigenvalue weighted by Gasteiger charge is -2.11. The van der Waals surface area contributed by atoms with Gasteiger partial charge in [0.2, 0.25) is 0 Å². The van der Waals surface area contributed by atoms with Crippen molar-refractivity contribution in [2.24, 2.45) is 5.92 Å². The van der Waals surface area contributed by atoms with Crippen molar-refractivity contribution in [1.29, 1.82) is 0 Å². The average Bonchev–Trinajstić information content (AvgIpc) is 2.37. The Hall–Kier alpha value is -1.58. The van der Waals surface area contributed by atoms with Gasteiger partial charge in [-0.1, -0.05) is 27.7 Å². The van der Waals surface area contributed by atoms with Crippen LogP contribution in [0.4, 0.5) is 5.82 Å². The number of nitrogens with one attached hydrogen (secondary N) is 2. The maximum Gasteiger partial charge on any atom is 0.251 e. The van der Waals surface area contributed by atoms with Crippen molar-refractivity contribution in [3.63, 3.8) is 0 Å². The highest BCUT2D eigenvalue weighted by molar-refractivity contribution is 5.95. The van der Waals surface area contributed by atoms with Crippen LogP contribution < -0.4 is 10.6 Å². The molecule has 106 valence electrons. The fourth-order valence-electron chi connectivity index (χ4n) is 1.68. The van der Waals surface area contributed by atoms with E-state index in [-0.39, 0.29) is 5.91 Å². The predicted octanol–water partition coefficient (Wildman–Crippen LogP) is 3.02. The molecule has 4 heteroatoms. The van der Waals surface area contributed by atoms with Gasteiger partial charge in [-0.2, -0.15) is 0 Å². The molecule has 0 bridgehead atoms. The lowest BCUT2D eigenvalue weighted by atomic mass is 10.1. The van der Waals surface area contributed by atoms with Gasteiger partial charge in [0.25, 0.3) is 5.91 Å². The zero-order chi connectivity index (χ0) is 14.4. The highest BCUT2D eigenvalue weighted by atomic mass is 16.1. The molecule has 0 atom stereocenters. The number of carbonyl (C=O) groups excluding carboxylic acids is 1. The molecule has 0 saturated heterocycles. The minimum Gasteiger partial charge on any atom is -0.373 e. The van der Waals surface area contributed by atoms with Crippen molar-refractivity contribution >= 4 is 11.7 Å². The van der Waals surface area contributed by atoms with Gasteiger partial charge < -0.3 is 10.6 Å². The number of nitrogens with zero attached hydrogens (tertiary/aromatic N) is 1. The lowest BCUT2D eigenvalue weighted by molar-refractivity contribution is 0.0952. The predicted molar refractivity (Wildman–Crippen MR) is 79.7 cm³/mol. The summed E-state index contributed by atoms with van der Waals surface area (Å²) in [6.07, 6.45) is 0.993. The number of amides is 1. The Morgan fingerprint density at radius 2 is 1.95 bits per heavy atom. The Balaban J connectivity index is 2.80. The van der Waals surface area contributed by atoms with Gasteiger partial charge >= 0.3 is 0 Å². The molecule has 0 aliphatic carbocycles. The number of hydrogen-bond acceptors (Lipinski definition) is 3. The maximum absolute atomic E-state index is 12.1. The van der Waals surface area contributed by atoms with E-state index >= 15 is 0 Å². The molecule has 4 nitrogen and oxygen atoms in total. The van der Waals surface area contributed by atoms with Crippen LogP contribution in [0, 0.1) is 5.92 Å². The number of hydrogen-bond donors (Lipinski definition) is 2. The van der Waals surface area contributed by atoms with Crippen molar-refractivity contribution < 1.29 is 4.79 Å². The highest BCUT2D eigenvalue weighted by Gasteiger charge is 2.11. The van der Waals surface area contributed by atoms with Gasteiger partial charge in [0.15, 0.2) is 0 Å². The first kappa shape index (κ1) is 15.5. The van der Waals surface area contributed by atoms with E-state index in [1.54, 1.807) is 6.07 Å². The molecule has 1 aromatic rings. The van der Waals surface area contributed by atoms with Gasteiger partial charge in [-0.3, -0.25) is 4.79 Å². The van der Waals surface area contributed by atoms with Crippen LogP contribution in [0.2, 0.25) is 0 Å². The second kappa shape index (κ2) is 7.12. The van der Waals surface area contributed by atoms with Gasteiger partial charge in [-0.25, -0.2) is 4.98 Å². The number of pyridine rings is 1. The molecule has 0 aliphatic rings. The van der Waals surface area contributed by atoms with E-state index in [1.165, 1.54) is 0 Å². The molecule has 1 aromatic heterocycles. The fourth-order valence-corrected chi connectivity index (χ4v) is 1.68. The molecule has 0 aromatic carbocycles. The summed E-state index contributed by atoms with van der Waals surface area (Å²) in [4.78, 5) is 16.6. The van der Waals surface area contributed by atoms with Crippen LogP contribution in [0.15, 0.2) is 12.1 Å². The quantitative estimate of drug-likeness (QED) is 0.829. The first-order chi connectivity index (χ1) is 8.93. The van der Waals surface area contributed by atoms with Crippen LogP contribution in [0.25, 0.3) is 0 Å². The summed E-state index contributed by atoms with van der Waals surface area (Å²) in [5.41, 5.74) is 1.60. The second-order valence-electron chi connectivity index (χ2n) is 5.51.